The van der Waals surface area contributed by atoms with Gasteiger partial charge in [0.15, 0.2) is 34.8 Å². The van der Waals surface area contributed by atoms with Crippen molar-refractivity contribution in [3.63, 3.8) is 0 Å². The molecule has 18 nitrogen and oxygen atoms in total. The number of hydrogen-bond donors (Lipinski definition) is 6. The molecule has 372 valence electrons. The van der Waals surface area contributed by atoms with Crippen LogP contribution in [-0.4, -0.2) is 74.1 Å². The van der Waals surface area contributed by atoms with Gasteiger partial charge < -0.3 is 35.7 Å². The highest BCUT2D eigenvalue weighted by molar-refractivity contribution is 7.92. The van der Waals surface area contributed by atoms with Gasteiger partial charge in [-0.05, 0) is 110 Å². The van der Waals surface area contributed by atoms with Crippen molar-refractivity contribution < 1.29 is 53.8 Å². The van der Waals surface area contributed by atoms with Crippen LogP contribution in [0.3, 0.4) is 0 Å². The molecule has 10 rings (SSSR count). The number of halogens is 4. The summed E-state index contributed by atoms with van der Waals surface area (Å²) in [5, 5.41) is 27.5. The number of nitrogen functional groups attached to an aromatic ring is 1. The number of carbonyl (C=O) groups excluding carboxylic acids is 2. The highest BCUT2D eigenvalue weighted by Gasteiger charge is 2.48. The molecule has 2 unspecified atom stereocenters. The maximum Gasteiger partial charge on any atom is 0.286 e. The molecule has 4 aliphatic heterocycles. The Balaban J connectivity index is 0.000000179. The third-order valence-electron chi connectivity index (χ3n) is 12.3. The minimum Gasteiger partial charge on any atom is -0.505 e. The van der Waals surface area contributed by atoms with Crippen LogP contribution in [0.15, 0.2) is 139 Å². The molecule has 7 N–H and O–H groups in total. The number of aliphatic hydroxyl groups excluding tert-OH is 2. The number of fused-ring (bicyclic) bond motifs is 4. The quantitative estimate of drug-likeness (QED) is 0.0804. The van der Waals surface area contributed by atoms with E-state index in [0.717, 1.165) is 12.3 Å². The van der Waals surface area contributed by atoms with E-state index in [-0.39, 0.29) is 83.9 Å². The number of hydrogen-bond acceptors (Lipinski definition) is 13. The van der Waals surface area contributed by atoms with Gasteiger partial charge in [-0.1, -0.05) is 35.3 Å². The Hall–Kier alpha value is -7.31. The molecule has 4 aliphatic rings. The Morgan fingerprint density at radius 1 is 0.681 bits per heavy atom. The second kappa shape index (κ2) is 17.5. The molecule has 6 heterocycles. The standard InChI is InChI=1S/C24H20ClFN4O6S2.C23H18ClFN4O4S/c1-24(12-13-5-7-16(26)15(25)10-13)22(32)20(21(31)18-4-3-9-30(18)24)23-27-17-8-6-14(28-37(2,33)34)11-19(17)38(35,36)29-23;1-23(11-12-4-6-15(25)14(24)9-12)21(31)19(20(30)17-3-2-8-29(17)23)22-27-16-7-5-13(26)10-18(16)34(32,33)28-22/h3-11,28,31H,12H2,1-2H3,(H,27,29);2-10,30H,11,26H2,1H3,(H,27,28). The van der Waals surface area contributed by atoms with Gasteiger partial charge in [0.25, 0.3) is 20.0 Å². The first-order chi connectivity index (χ1) is 33.7. The summed E-state index contributed by atoms with van der Waals surface area (Å²) in [5.74, 6) is -3.99. The van der Waals surface area contributed by atoms with E-state index >= 15 is 0 Å². The Bertz CT molecular complexity index is 3870. The number of amidine groups is 2. The van der Waals surface area contributed by atoms with Gasteiger partial charge >= 0.3 is 0 Å². The van der Waals surface area contributed by atoms with Gasteiger partial charge in [-0.25, -0.2) is 17.2 Å². The highest BCUT2D eigenvalue weighted by Crippen LogP contribution is 2.42. The minimum absolute atomic E-state index is 0.00874. The zero-order valence-electron chi connectivity index (χ0n) is 37.6. The van der Waals surface area contributed by atoms with Crippen LogP contribution in [-0.2, 0) is 63.6 Å². The molecule has 0 bridgehead atoms. The van der Waals surface area contributed by atoms with Crippen molar-refractivity contribution in [1.82, 2.24) is 9.13 Å². The molecule has 0 amide bonds. The molecule has 0 saturated heterocycles. The van der Waals surface area contributed by atoms with Gasteiger partial charge in [0.05, 0.1) is 39.1 Å². The zero-order chi connectivity index (χ0) is 52.0. The number of sulfonamides is 3. The number of nitrogens with one attached hydrogen (secondary N) is 3. The van der Waals surface area contributed by atoms with E-state index in [1.807, 2.05) is 0 Å². The van der Waals surface area contributed by atoms with Crippen molar-refractivity contribution in [2.45, 2.75) is 47.6 Å². The molecule has 2 atom stereocenters. The van der Waals surface area contributed by atoms with E-state index in [0.29, 0.717) is 16.8 Å². The fraction of sp³-hybridized carbons (Fsp3) is 0.149. The Morgan fingerprint density at radius 3 is 1.54 bits per heavy atom. The summed E-state index contributed by atoms with van der Waals surface area (Å²) in [6.07, 6.45) is 4.30. The van der Waals surface area contributed by atoms with Crippen LogP contribution in [0.4, 0.5) is 31.5 Å². The van der Waals surface area contributed by atoms with E-state index in [4.69, 9.17) is 28.9 Å². The monoisotopic (exact) mass is 1080 g/mol. The highest BCUT2D eigenvalue weighted by atomic mass is 35.5. The van der Waals surface area contributed by atoms with Crippen LogP contribution in [0.25, 0.3) is 11.5 Å². The molecule has 25 heteroatoms. The fourth-order valence-corrected chi connectivity index (χ4v) is 12.2. The second-order valence-corrected chi connectivity index (χ2v) is 23.2. The van der Waals surface area contributed by atoms with Crippen LogP contribution >= 0.6 is 23.2 Å². The second-order valence-electron chi connectivity index (χ2n) is 17.5. The van der Waals surface area contributed by atoms with Crippen molar-refractivity contribution in [3.8, 4) is 0 Å². The summed E-state index contributed by atoms with van der Waals surface area (Å²) in [7, 11) is -12.3. The number of aromatic nitrogens is 2. The molecule has 4 aromatic carbocycles. The van der Waals surface area contributed by atoms with Crippen molar-refractivity contribution in [1.29, 1.82) is 0 Å². The van der Waals surface area contributed by atoms with Gasteiger partial charge in [-0.3, -0.25) is 14.3 Å². The number of aliphatic hydroxyl groups is 2. The molecule has 0 aliphatic carbocycles. The topological polar surface area (TPSA) is 274 Å². The molecule has 6 aromatic rings. The summed E-state index contributed by atoms with van der Waals surface area (Å²) in [4.78, 5) is 27.4. The van der Waals surface area contributed by atoms with Gasteiger partial charge in [-0.2, -0.15) is 16.8 Å². The van der Waals surface area contributed by atoms with Crippen LogP contribution < -0.4 is 21.1 Å². The maximum absolute atomic E-state index is 14.0. The predicted molar refractivity (Wildman–Crippen MR) is 268 cm³/mol. The van der Waals surface area contributed by atoms with Crippen molar-refractivity contribution in [2.24, 2.45) is 8.80 Å². The average molecular weight is 1080 g/mol. The third-order valence-corrected chi connectivity index (χ3v) is 16.1. The summed E-state index contributed by atoms with van der Waals surface area (Å²) < 4.78 is 115. The Morgan fingerprint density at radius 2 is 1.11 bits per heavy atom. The number of nitrogens with zero attached hydrogens (tertiary/aromatic N) is 4. The lowest BCUT2D eigenvalue weighted by Gasteiger charge is -2.37. The van der Waals surface area contributed by atoms with Gasteiger partial charge in [0, 0.05) is 36.6 Å². The number of rotatable bonds is 8. The number of carbonyl (C=O) groups is 2. The van der Waals surface area contributed by atoms with Gasteiger partial charge in [0.2, 0.25) is 10.0 Å². The maximum atomic E-state index is 14.0. The van der Waals surface area contributed by atoms with Crippen LogP contribution in [0, 0.1) is 11.6 Å². The number of benzene rings is 4. The van der Waals surface area contributed by atoms with E-state index in [1.54, 1.807) is 59.6 Å². The summed E-state index contributed by atoms with van der Waals surface area (Å²) in [6.45, 7) is 3.26. The van der Waals surface area contributed by atoms with Crippen LogP contribution in [0.5, 0.6) is 0 Å². The molecule has 2 aromatic heterocycles. The first kappa shape index (κ1) is 49.7. The first-order valence-corrected chi connectivity index (χ1v) is 26.7. The molecule has 0 fully saturated rings. The predicted octanol–water partition coefficient (Wildman–Crippen LogP) is 7.56. The lowest BCUT2D eigenvalue weighted by molar-refractivity contribution is -0.123. The first-order valence-electron chi connectivity index (χ1n) is 21.2. The smallest absolute Gasteiger partial charge is 0.286 e. The Kier molecular flexibility index (Phi) is 12.1. The van der Waals surface area contributed by atoms with Gasteiger partial charge in [0.1, 0.15) is 43.6 Å². The molecular weight excluding hydrogens is 1040 g/mol. The fourth-order valence-electron chi connectivity index (χ4n) is 8.93. The summed E-state index contributed by atoms with van der Waals surface area (Å²) in [5.41, 5.74) is 4.57. The number of nitrogens with two attached hydrogens (primary N) is 1. The average Bonchev–Trinajstić information content (AvgIpc) is 4.01. The lowest BCUT2D eigenvalue weighted by atomic mass is 9.81. The van der Waals surface area contributed by atoms with Crippen molar-refractivity contribution in [3.05, 3.63) is 165 Å². The van der Waals surface area contributed by atoms with Gasteiger partial charge in [-0.15, -0.1) is 8.80 Å². The van der Waals surface area contributed by atoms with E-state index < -0.39 is 75.9 Å². The SMILES string of the molecule is CC1(Cc2ccc(F)c(Cl)c2)C(=O)C(C2=NS(=O)(=O)c3cc(N)ccc3N2)=C(O)c2cccn21.CC1(Cc2ccc(F)c(Cl)c2)C(=O)C(C2=NS(=O)(=O)c3cc(NS(C)(=O)=O)ccc3N2)=C(O)c2cccn21. The van der Waals surface area contributed by atoms with Crippen LogP contribution in [0.2, 0.25) is 10.0 Å². The van der Waals surface area contributed by atoms with Crippen molar-refractivity contribution in [2.75, 3.05) is 27.3 Å². The number of Topliss-reactive ketones (excluding diaryl/α,β-unsaturated/α-hetero) is 2. The number of ketones is 2. The Labute approximate surface area is 420 Å². The van der Waals surface area contributed by atoms with Crippen LogP contribution in [0.1, 0.15) is 36.4 Å². The van der Waals surface area contributed by atoms with E-state index in [1.165, 1.54) is 66.7 Å². The minimum atomic E-state index is -4.41. The third kappa shape index (κ3) is 8.69. The van der Waals surface area contributed by atoms with E-state index in [9.17, 15) is 53.8 Å². The lowest BCUT2D eigenvalue weighted by Crippen LogP contribution is -2.48. The molecule has 0 spiro atoms. The molecule has 0 radical (unpaired) electrons. The number of anilines is 4. The summed E-state index contributed by atoms with van der Waals surface area (Å²) in [6, 6.07) is 22.7. The summed E-state index contributed by atoms with van der Waals surface area (Å²) >= 11 is 11.9. The zero-order valence-corrected chi connectivity index (χ0v) is 41.5. The normalized spacial score (nSPS) is 20.6. The molecule has 0 saturated carbocycles. The largest absolute Gasteiger partial charge is 0.505 e. The van der Waals surface area contributed by atoms with Crippen molar-refractivity contribution >= 4 is 111 Å². The van der Waals surface area contributed by atoms with E-state index in [2.05, 4.69) is 24.2 Å². The molecule has 72 heavy (non-hydrogen) atoms. The molecular formula is C47H38Cl2F2N8O10S3.